The molecule has 6 rings (SSSR count). The van der Waals surface area contributed by atoms with Crippen LogP contribution in [0.1, 0.15) is 31.4 Å². The Morgan fingerprint density at radius 3 is 3.07 bits per heavy atom. The Hall–Kier alpha value is -1.96. The third-order valence-corrected chi connectivity index (χ3v) is 6.69. The first kappa shape index (κ1) is 17.2. The number of nitrogens with zero attached hydrogens (tertiary/aromatic N) is 3. The number of methoxy groups -OCH3 is 1. The van der Waals surface area contributed by atoms with Gasteiger partial charge in [-0.2, -0.15) is 4.98 Å². The quantitative estimate of drug-likeness (QED) is 0.737. The highest BCUT2D eigenvalue weighted by atomic mass is 32.1. The molecule has 2 bridgehead atoms. The number of aromatic nitrogens is 2. The van der Waals surface area contributed by atoms with Gasteiger partial charge in [0.1, 0.15) is 10.5 Å². The average Bonchev–Trinajstić information content (AvgIpc) is 3.28. The summed E-state index contributed by atoms with van der Waals surface area (Å²) < 4.78 is 12.0. The van der Waals surface area contributed by atoms with Crippen molar-refractivity contribution in [2.24, 2.45) is 5.92 Å². The molecule has 0 aliphatic carbocycles. The number of hydrogen-bond acceptors (Lipinski definition) is 7. The van der Waals surface area contributed by atoms with Gasteiger partial charge in [0.2, 0.25) is 0 Å². The maximum Gasteiger partial charge on any atom is 0.298 e. The van der Waals surface area contributed by atoms with E-state index in [-0.39, 0.29) is 6.10 Å². The van der Waals surface area contributed by atoms with Crippen LogP contribution in [-0.4, -0.2) is 42.8 Å². The minimum atomic E-state index is -0.0435. The normalized spacial score (nSPS) is 23.7. The van der Waals surface area contributed by atoms with Crippen LogP contribution in [0, 0.1) is 5.92 Å². The minimum Gasteiger partial charge on any atom is -0.423 e. The van der Waals surface area contributed by atoms with Crippen LogP contribution < -0.4 is 10.2 Å². The Bertz CT molecular complexity index is 935. The summed E-state index contributed by atoms with van der Waals surface area (Å²) in [4.78, 5) is 11.8. The zero-order chi connectivity index (χ0) is 18.4. The van der Waals surface area contributed by atoms with E-state index in [4.69, 9.17) is 14.1 Å². The van der Waals surface area contributed by atoms with Gasteiger partial charge >= 0.3 is 0 Å². The molecule has 6 nitrogen and oxygen atoms in total. The highest BCUT2D eigenvalue weighted by Crippen LogP contribution is 2.38. The van der Waals surface area contributed by atoms with Crippen molar-refractivity contribution in [3.05, 3.63) is 29.3 Å². The van der Waals surface area contributed by atoms with E-state index in [1.54, 1.807) is 18.4 Å². The first-order valence-electron chi connectivity index (χ1n) is 9.58. The maximum absolute atomic E-state index is 6.40. The lowest BCUT2D eigenvalue weighted by atomic mass is 9.95. The largest absolute Gasteiger partial charge is 0.423 e. The van der Waals surface area contributed by atoms with Gasteiger partial charge in [0.05, 0.1) is 11.7 Å². The molecule has 0 radical (unpaired) electrons. The van der Waals surface area contributed by atoms with Crippen molar-refractivity contribution in [2.45, 2.75) is 31.9 Å². The van der Waals surface area contributed by atoms with Gasteiger partial charge in [-0.25, -0.2) is 4.98 Å². The van der Waals surface area contributed by atoms with E-state index in [1.807, 2.05) is 18.5 Å². The van der Waals surface area contributed by atoms with Crippen LogP contribution in [0.4, 0.5) is 6.01 Å². The zero-order valence-electron chi connectivity index (χ0n) is 15.6. The first-order valence-corrected chi connectivity index (χ1v) is 10.5. The lowest BCUT2D eigenvalue weighted by Crippen LogP contribution is -2.43. The van der Waals surface area contributed by atoms with Crippen LogP contribution in [0.25, 0.3) is 21.7 Å². The molecule has 1 N–H and O–H groups in total. The van der Waals surface area contributed by atoms with Gasteiger partial charge in [0, 0.05) is 43.4 Å². The van der Waals surface area contributed by atoms with E-state index in [0.29, 0.717) is 12.0 Å². The smallest absolute Gasteiger partial charge is 0.298 e. The Kier molecular flexibility index (Phi) is 4.38. The molecule has 3 aliphatic rings. The number of thiazole rings is 1. The molecule has 5 heterocycles. The van der Waals surface area contributed by atoms with Crippen LogP contribution in [0.5, 0.6) is 0 Å². The van der Waals surface area contributed by atoms with Gasteiger partial charge < -0.3 is 19.4 Å². The van der Waals surface area contributed by atoms with E-state index < -0.39 is 0 Å². The summed E-state index contributed by atoms with van der Waals surface area (Å²) in [5.74, 6) is 0.662. The van der Waals surface area contributed by atoms with Gasteiger partial charge in [-0.1, -0.05) is 6.07 Å². The number of fused-ring (bicyclic) bond motifs is 5. The van der Waals surface area contributed by atoms with Crippen LogP contribution in [0.2, 0.25) is 0 Å². The molecule has 3 atom stereocenters. The van der Waals surface area contributed by atoms with E-state index in [1.165, 1.54) is 12.8 Å². The molecule has 27 heavy (non-hydrogen) atoms. The molecule has 3 unspecified atom stereocenters. The highest BCUT2D eigenvalue weighted by molar-refractivity contribution is 7.13. The monoisotopic (exact) mass is 384 g/mol. The van der Waals surface area contributed by atoms with Gasteiger partial charge in [0.25, 0.3) is 6.01 Å². The summed E-state index contributed by atoms with van der Waals surface area (Å²) in [7, 11) is 1.73. The number of anilines is 1. The molecular formula is C20H24N4O2S. The number of benzene rings is 1. The fraction of sp³-hybridized carbons (Fsp3) is 0.500. The maximum atomic E-state index is 6.40. The van der Waals surface area contributed by atoms with Gasteiger partial charge in [-0.05, 0) is 38.3 Å². The van der Waals surface area contributed by atoms with Crippen LogP contribution in [0.3, 0.4) is 0 Å². The van der Waals surface area contributed by atoms with Crippen LogP contribution >= 0.6 is 11.3 Å². The molecule has 1 aromatic carbocycles. The van der Waals surface area contributed by atoms with Crippen molar-refractivity contribution < 1.29 is 9.15 Å². The summed E-state index contributed by atoms with van der Waals surface area (Å²) in [6, 6.07) is 5.35. The number of ether oxygens (including phenoxy) is 1. The second-order valence-electron chi connectivity index (χ2n) is 7.50. The number of oxazole rings is 1. The lowest BCUT2D eigenvalue weighted by molar-refractivity contribution is 0.120. The number of nitrogens with one attached hydrogen (secondary N) is 1. The van der Waals surface area contributed by atoms with E-state index >= 15 is 0 Å². The van der Waals surface area contributed by atoms with Crippen molar-refractivity contribution in [1.82, 2.24) is 15.3 Å². The Morgan fingerprint density at radius 2 is 2.26 bits per heavy atom. The molecule has 3 fully saturated rings. The Balaban J connectivity index is 1.65. The van der Waals surface area contributed by atoms with Crippen LogP contribution in [0.15, 0.2) is 28.1 Å². The van der Waals surface area contributed by atoms with Gasteiger partial charge in [-0.3, -0.25) is 0 Å². The van der Waals surface area contributed by atoms with Crippen molar-refractivity contribution in [3.63, 3.8) is 0 Å². The topological polar surface area (TPSA) is 63.4 Å². The molecule has 2 aromatic heterocycles. The lowest BCUT2D eigenvalue weighted by Gasteiger charge is -2.34. The summed E-state index contributed by atoms with van der Waals surface area (Å²) in [6.07, 6.45) is 4.26. The SMILES string of the molecule is COC(C)c1ccc(-c2nccs2)c2oc(N3CC4CCC3CNC4)nc12. The molecule has 3 aliphatic heterocycles. The second kappa shape index (κ2) is 6.89. The fourth-order valence-corrected chi connectivity index (χ4v) is 4.95. The minimum absolute atomic E-state index is 0.0435. The average molecular weight is 385 g/mol. The van der Waals surface area contributed by atoms with Crippen molar-refractivity contribution >= 4 is 28.5 Å². The molecule has 7 heteroatoms. The Morgan fingerprint density at radius 1 is 1.33 bits per heavy atom. The summed E-state index contributed by atoms with van der Waals surface area (Å²) in [5, 5.41) is 6.52. The number of piperidine rings is 1. The second-order valence-corrected chi connectivity index (χ2v) is 8.39. The number of rotatable bonds is 4. The standard InChI is InChI=1S/C20H24N4O2S/c1-12(25-2)15-5-6-16(19-22-7-8-27-19)18-17(15)23-20(26-18)24-11-13-3-4-14(24)10-21-9-13/h5-8,12-14,21H,3-4,9-11H2,1-2H3. The first-order chi connectivity index (χ1) is 13.2. The Labute approximate surface area is 162 Å². The predicted octanol–water partition coefficient (Wildman–Crippen LogP) is 3.85. The molecule has 0 spiro atoms. The van der Waals surface area contributed by atoms with Crippen molar-refractivity contribution in [2.75, 3.05) is 31.6 Å². The summed E-state index contributed by atoms with van der Waals surface area (Å²) >= 11 is 1.62. The van der Waals surface area contributed by atoms with Crippen molar-refractivity contribution in [1.29, 1.82) is 0 Å². The zero-order valence-corrected chi connectivity index (χ0v) is 16.5. The third-order valence-electron chi connectivity index (χ3n) is 5.88. The molecule has 0 saturated carbocycles. The molecule has 3 saturated heterocycles. The molecule has 3 aromatic rings. The third kappa shape index (κ3) is 2.94. The van der Waals surface area contributed by atoms with Gasteiger partial charge in [0.15, 0.2) is 5.58 Å². The fourth-order valence-electron chi connectivity index (χ4n) is 4.29. The molecule has 142 valence electrons. The highest BCUT2D eigenvalue weighted by Gasteiger charge is 2.34. The van der Waals surface area contributed by atoms with E-state index in [2.05, 4.69) is 27.3 Å². The van der Waals surface area contributed by atoms with Crippen LogP contribution in [-0.2, 0) is 4.74 Å². The van der Waals surface area contributed by atoms with Gasteiger partial charge in [-0.15, -0.1) is 11.3 Å². The summed E-state index contributed by atoms with van der Waals surface area (Å²) in [5.41, 5.74) is 3.76. The predicted molar refractivity (Wildman–Crippen MR) is 107 cm³/mol. The van der Waals surface area contributed by atoms with Crippen molar-refractivity contribution in [3.8, 4) is 10.6 Å². The van der Waals surface area contributed by atoms with E-state index in [0.717, 1.165) is 52.9 Å². The molecule has 0 amide bonds. The summed E-state index contributed by atoms with van der Waals surface area (Å²) in [6.45, 7) is 5.13. The van der Waals surface area contributed by atoms with E-state index in [9.17, 15) is 0 Å². The molecular weight excluding hydrogens is 360 g/mol. The number of hydrogen-bond donors (Lipinski definition) is 1.